The summed E-state index contributed by atoms with van der Waals surface area (Å²) >= 11 is 7.37. The summed E-state index contributed by atoms with van der Waals surface area (Å²) in [5.74, 6) is 2.31. The average molecular weight is 281 g/mol. The third-order valence-electron chi connectivity index (χ3n) is 2.21. The summed E-state index contributed by atoms with van der Waals surface area (Å²) in [5.41, 5.74) is 0.953. The van der Waals surface area contributed by atoms with E-state index >= 15 is 0 Å². The van der Waals surface area contributed by atoms with Crippen LogP contribution in [0, 0.1) is 6.92 Å². The molecule has 0 bridgehead atoms. The van der Waals surface area contributed by atoms with Crippen molar-refractivity contribution < 1.29 is 0 Å². The summed E-state index contributed by atoms with van der Waals surface area (Å²) in [6.07, 6.45) is 1.64. The van der Waals surface area contributed by atoms with E-state index in [1.807, 2.05) is 32.2 Å². The monoisotopic (exact) mass is 280 g/mol. The molecule has 0 fully saturated rings. The number of aryl methyl sites for hydroxylation is 1. The SMILES string of the molecule is CNc1cc(C)nc(CSc2ccc(Cl)cn2)n1. The van der Waals surface area contributed by atoms with Crippen LogP contribution >= 0.6 is 23.4 Å². The first-order valence-corrected chi connectivity index (χ1v) is 6.80. The van der Waals surface area contributed by atoms with Gasteiger partial charge in [0.25, 0.3) is 0 Å². The number of thioether (sulfide) groups is 1. The molecule has 0 aliphatic heterocycles. The maximum Gasteiger partial charge on any atom is 0.141 e. The Kier molecular flexibility index (Phi) is 4.38. The molecule has 0 saturated heterocycles. The first-order valence-electron chi connectivity index (χ1n) is 5.44. The molecular formula is C12H13ClN4S. The minimum Gasteiger partial charge on any atom is -0.373 e. The molecule has 0 spiro atoms. The van der Waals surface area contributed by atoms with E-state index in [2.05, 4.69) is 20.3 Å². The Morgan fingerprint density at radius 2 is 2.17 bits per heavy atom. The second-order valence-corrected chi connectivity index (χ2v) is 5.10. The number of rotatable bonds is 4. The first kappa shape index (κ1) is 13.1. The number of nitrogens with one attached hydrogen (secondary N) is 1. The zero-order valence-corrected chi connectivity index (χ0v) is 11.7. The fourth-order valence-corrected chi connectivity index (χ4v) is 2.22. The van der Waals surface area contributed by atoms with Crippen LogP contribution in [0.3, 0.4) is 0 Å². The van der Waals surface area contributed by atoms with Crippen LogP contribution in [-0.2, 0) is 5.75 Å². The molecule has 94 valence electrons. The maximum atomic E-state index is 5.78. The molecule has 0 aromatic carbocycles. The van der Waals surface area contributed by atoms with Crippen molar-refractivity contribution in [2.45, 2.75) is 17.7 Å². The van der Waals surface area contributed by atoms with Gasteiger partial charge in [-0.2, -0.15) is 0 Å². The Balaban J connectivity index is 2.05. The van der Waals surface area contributed by atoms with Gasteiger partial charge in [0.05, 0.1) is 15.8 Å². The number of nitrogens with zero attached hydrogens (tertiary/aromatic N) is 3. The summed E-state index contributed by atoms with van der Waals surface area (Å²) in [7, 11) is 1.85. The Bertz CT molecular complexity index is 530. The van der Waals surface area contributed by atoms with Crippen molar-refractivity contribution in [3.63, 3.8) is 0 Å². The molecule has 0 atom stereocenters. The molecule has 18 heavy (non-hydrogen) atoms. The van der Waals surface area contributed by atoms with E-state index in [1.54, 1.807) is 18.0 Å². The van der Waals surface area contributed by atoms with Crippen LogP contribution in [0.15, 0.2) is 29.4 Å². The van der Waals surface area contributed by atoms with Gasteiger partial charge in [-0.25, -0.2) is 15.0 Å². The second kappa shape index (κ2) is 6.02. The summed E-state index contributed by atoms with van der Waals surface area (Å²) in [6, 6.07) is 5.63. The first-order chi connectivity index (χ1) is 8.67. The zero-order valence-electron chi connectivity index (χ0n) is 10.1. The number of anilines is 1. The van der Waals surface area contributed by atoms with Crippen LogP contribution in [0.1, 0.15) is 11.5 Å². The quantitative estimate of drug-likeness (QED) is 0.872. The molecule has 1 N–H and O–H groups in total. The molecule has 0 radical (unpaired) electrons. The van der Waals surface area contributed by atoms with Gasteiger partial charge in [0.2, 0.25) is 0 Å². The highest BCUT2D eigenvalue weighted by atomic mass is 35.5. The number of aromatic nitrogens is 3. The normalized spacial score (nSPS) is 10.4. The molecule has 0 amide bonds. The topological polar surface area (TPSA) is 50.7 Å². The Labute approximate surface area is 115 Å². The molecule has 4 nitrogen and oxygen atoms in total. The van der Waals surface area contributed by atoms with E-state index in [1.165, 1.54) is 0 Å². The fraction of sp³-hybridized carbons (Fsp3) is 0.250. The van der Waals surface area contributed by atoms with E-state index in [-0.39, 0.29) is 0 Å². The third-order valence-corrected chi connectivity index (χ3v) is 3.37. The van der Waals surface area contributed by atoms with Crippen molar-refractivity contribution in [1.29, 1.82) is 0 Å². The lowest BCUT2D eigenvalue weighted by atomic mass is 10.4. The molecule has 0 unspecified atom stereocenters. The predicted molar refractivity (Wildman–Crippen MR) is 75.1 cm³/mol. The van der Waals surface area contributed by atoms with Crippen molar-refractivity contribution in [3.05, 3.63) is 40.9 Å². The summed E-state index contributed by atoms with van der Waals surface area (Å²) in [5, 5.41) is 4.58. The van der Waals surface area contributed by atoms with Crippen LogP contribution in [0.5, 0.6) is 0 Å². The molecule has 0 saturated carbocycles. The van der Waals surface area contributed by atoms with Crippen molar-refractivity contribution in [3.8, 4) is 0 Å². The van der Waals surface area contributed by atoms with Gasteiger partial charge in [-0.3, -0.25) is 0 Å². The van der Waals surface area contributed by atoms with Gasteiger partial charge in [0, 0.05) is 25.0 Å². The van der Waals surface area contributed by atoms with E-state index < -0.39 is 0 Å². The molecule has 6 heteroatoms. The fourth-order valence-electron chi connectivity index (χ4n) is 1.41. The van der Waals surface area contributed by atoms with Crippen molar-refractivity contribution in [2.24, 2.45) is 0 Å². The van der Waals surface area contributed by atoms with E-state index in [0.717, 1.165) is 22.4 Å². The van der Waals surface area contributed by atoms with Gasteiger partial charge < -0.3 is 5.32 Å². The van der Waals surface area contributed by atoms with Gasteiger partial charge in [-0.15, -0.1) is 0 Å². The molecule has 2 heterocycles. The van der Waals surface area contributed by atoms with Crippen LogP contribution in [-0.4, -0.2) is 22.0 Å². The lowest BCUT2D eigenvalue weighted by Crippen LogP contribution is -2.00. The van der Waals surface area contributed by atoms with Crippen LogP contribution in [0.25, 0.3) is 0 Å². The van der Waals surface area contributed by atoms with Crippen LogP contribution in [0.4, 0.5) is 5.82 Å². The van der Waals surface area contributed by atoms with E-state index in [9.17, 15) is 0 Å². The number of pyridine rings is 1. The van der Waals surface area contributed by atoms with Gasteiger partial charge in [0.15, 0.2) is 0 Å². The van der Waals surface area contributed by atoms with Gasteiger partial charge in [0.1, 0.15) is 11.6 Å². The molecule has 2 aromatic heterocycles. The average Bonchev–Trinajstić information content (AvgIpc) is 2.37. The highest BCUT2D eigenvalue weighted by Gasteiger charge is 2.03. The van der Waals surface area contributed by atoms with Crippen molar-refractivity contribution >= 4 is 29.2 Å². The predicted octanol–water partition coefficient (Wildman–Crippen LogP) is 3.17. The Hall–Kier alpha value is -1.33. The van der Waals surface area contributed by atoms with Crippen molar-refractivity contribution in [2.75, 3.05) is 12.4 Å². The lowest BCUT2D eigenvalue weighted by Gasteiger charge is -2.05. The Morgan fingerprint density at radius 3 is 2.83 bits per heavy atom. The number of hydrogen-bond donors (Lipinski definition) is 1. The molecule has 2 aromatic rings. The standard InChI is InChI=1S/C12H13ClN4S/c1-8-5-10(14-2)17-11(16-8)7-18-12-4-3-9(13)6-15-12/h3-6H,7H2,1-2H3,(H,14,16,17). The van der Waals surface area contributed by atoms with Crippen molar-refractivity contribution in [1.82, 2.24) is 15.0 Å². The minimum atomic E-state index is 0.642. The second-order valence-electron chi connectivity index (χ2n) is 3.66. The number of hydrogen-bond acceptors (Lipinski definition) is 5. The Morgan fingerprint density at radius 1 is 1.33 bits per heavy atom. The summed E-state index contributed by atoms with van der Waals surface area (Å²) in [6.45, 7) is 1.96. The number of halogens is 1. The van der Waals surface area contributed by atoms with E-state index in [0.29, 0.717) is 10.8 Å². The van der Waals surface area contributed by atoms with E-state index in [4.69, 9.17) is 11.6 Å². The summed E-state index contributed by atoms with van der Waals surface area (Å²) in [4.78, 5) is 13.0. The van der Waals surface area contributed by atoms with Gasteiger partial charge in [-0.05, 0) is 19.1 Å². The zero-order chi connectivity index (χ0) is 13.0. The largest absolute Gasteiger partial charge is 0.373 e. The van der Waals surface area contributed by atoms with Crippen LogP contribution in [0.2, 0.25) is 5.02 Å². The highest BCUT2D eigenvalue weighted by molar-refractivity contribution is 7.98. The molecule has 0 aliphatic carbocycles. The molecule has 0 aliphatic rings. The lowest BCUT2D eigenvalue weighted by molar-refractivity contribution is 0.993. The smallest absolute Gasteiger partial charge is 0.141 e. The highest BCUT2D eigenvalue weighted by Crippen LogP contribution is 2.21. The summed E-state index contributed by atoms with van der Waals surface area (Å²) < 4.78 is 0. The molecule has 2 rings (SSSR count). The third kappa shape index (κ3) is 3.58. The maximum absolute atomic E-state index is 5.78. The minimum absolute atomic E-state index is 0.642. The molecular weight excluding hydrogens is 268 g/mol. The van der Waals surface area contributed by atoms with Crippen LogP contribution < -0.4 is 5.32 Å². The van der Waals surface area contributed by atoms with Gasteiger partial charge >= 0.3 is 0 Å². The van der Waals surface area contributed by atoms with Gasteiger partial charge in [-0.1, -0.05) is 23.4 Å².